The topological polar surface area (TPSA) is 70.2 Å². The summed E-state index contributed by atoms with van der Waals surface area (Å²) in [6, 6.07) is 4.47. The van der Waals surface area contributed by atoms with Crippen LogP contribution >= 0.6 is 0 Å². The fraction of sp³-hybridized carbons (Fsp3) is 0.500. The molecule has 0 saturated heterocycles. The Hall–Kier alpha value is -2.34. The Morgan fingerprint density at radius 3 is 2.81 bits per heavy atom. The largest absolute Gasteiger partial charge is 0.469 e. The number of nitrogens with one attached hydrogen (secondary N) is 1. The van der Waals surface area contributed by atoms with Crippen molar-refractivity contribution in [2.75, 3.05) is 13.8 Å². The van der Waals surface area contributed by atoms with Crippen LogP contribution < -0.4 is 15.3 Å². The average Bonchev–Trinajstić information content (AvgIpc) is 3.19. The van der Waals surface area contributed by atoms with Gasteiger partial charge in [0.05, 0.1) is 30.7 Å². The van der Waals surface area contributed by atoms with Crippen LogP contribution in [0, 0.1) is 6.92 Å². The highest BCUT2D eigenvalue weighted by atomic mass is 16.5. The van der Waals surface area contributed by atoms with Gasteiger partial charge in [0, 0.05) is 5.39 Å². The molecule has 2 aliphatic rings. The molecule has 138 valence electrons. The third-order valence-electron chi connectivity index (χ3n) is 5.81. The fourth-order valence-electron chi connectivity index (χ4n) is 4.26. The number of quaternary nitrogens is 1. The number of fused-ring (bicyclic) bond motifs is 3. The second kappa shape index (κ2) is 6.76. The van der Waals surface area contributed by atoms with Gasteiger partial charge in [-0.3, -0.25) is 9.69 Å². The number of hydrogen-bond donors (Lipinski definition) is 1. The van der Waals surface area contributed by atoms with E-state index in [4.69, 9.17) is 13.9 Å². The van der Waals surface area contributed by atoms with E-state index >= 15 is 0 Å². The molecule has 0 spiro atoms. The summed E-state index contributed by atoms with van der Waals surface area (Å²) in [5, 5.41) is 0.860. The van der Waals surface area contributed by atoms with Crippen molar-refractivity contribution in [2.45, 2.75) is 51.6 Å². The van der Waals surface area contributed by atoms with E-state index in [0.717, 1.165) is 28.8 Å². The number of carbonyl (C=O) groups excluding carboxylic acids is 1. The summed E-state index contributed by atoms with van der Waals surface area (Å²) < 4.78 is 16.3. The van der Waals surface area contributed by atoms with Crippen LogP contribution in [-0.2, 0) is 22.5 Å². The first-order chi connectivity index (χ1) is 12.6. The van der Waals surface area contributed by atoms with Gasteiger partial charge < -0.3 is 13.9 Å². The zero-order chi connectivity index (χ0) is 18.3. The van der Waals surface area contributed by atoms with Crippen molar-refractivity contribution in [3.05, 3.63) is 39.2 Å². The van der Waals surface area contributed by atoms with E-state index in [1.54, 1.807) is 0 Å². The minimum Gasteiger partial charge on any atom is -0.469 e. The number of benzene rings is 1. The molecule has 6 heteroatoms. The van der Waals surface area contributed by atoms with Gasteiger partial charge in [0.1, 0.15) is 12.3 Å². The monoisotopic (exact) mass is 358 g/mol. The summed E-state index contributed by atoms with van der Waals surface area (Å²) >= 11 is 0. The maximum Gasteiger partial charge on any atom is 0.340 e. The van der Waals surface area contributed by atoms with Crippen molar-refractivity contribution in [2.24, 2.45) is 0 Å². The van der Waals surface area contributed by atoms with Crippen LogP contribution in [0.15, 0.2) is 21.3 Å². The minimum atomic E-state index is -0.471. The van der Waals surface area contributed by atoms with E-state index in [0.29, 0.717) is 23.9 Å². The zero-order valence-electron chi connectivity index (χ0n) is 15.2. The maximum atomic E-state index is 12.5. The standard InChI is InChI=1S/C20H23NO5/c1-12-14-7-8-17-16(10-21(11-25-17)13-5-3-4-6-13)19(14)26-20(23)15(12)9-18(22)24-2/h7-8,13H,3-6,9-11H2,1-2H3/p+1. The highest BCUT2D eigenvalue weighted by Gasteiger charge is 2.32. The lowest BCUT2D eigenvalue weighted by Crippen LogP contribution is -3.15. The van der Waals surface area contributed by atoms with Crippen LogP contribution in [0.4, 0.5) is 0 Å². The van der Waals surface area contributed by atoms with Crippen LogP contribution in [0.5, 0.6) is 5.75 Å². The van der Waals surface area contributed by atoms with E-state index in [2.05, 4.69) is 0 Å². The van der Waals surface area contributed by atoms with Gasteiger partial charge in [-0.25, -0.2) is 4.79 Å². The van der Waals surface area contributed by atoms with E-state index in [1.807, 2.05) is 19.1 Å². The first kappa shape index (κ1) is 17.1. The van der Waals surface area contributed by atoms with Gasteiger partial charge in [-0.05, 0) is 50.3 Å². The molecule has 4 rings (SSSR count). The highest BCUT2D eigenvalue weighted by Crippen LogP contribution is 2.31. The number of methoxy groups -OCH3 is 1. The summed E-state index contributed by atoms with van der Waals surface area (Å²) in [6.45, 7) is 3.32. The lowest BCUT2D eigenvalue weighted by atomic mass is 10.00. The molecule has 1 atom stereocenters. The number of rotatable bonds is 3. The second-order valence-electron chi connectivity index (χ2n) is 7.27. The Bertz CT molecular complexity index is 911. The van der Waals surface area contributed by atoms with E-state index in [1.165, 1.54) is 37.7 Å². The minimum absolute atomic E-state index is 0.0758. The van der Waals surface area contributed by atoms with Gasteiger partial charge in [-0.1, -0.05) is 0 Å². The van der Waals surface area contributed by atoms with Crippen molar-refractivity contribution in [1.82, 2.24) is 0 Å². The van der Waals surface area contributed by atoms with Crippen LogP contribution in [0.2, 0.25) is 0 Å². The highest BCUT2D eigenvalue weighted by molar-refractivity contribution is 5.87. The van der Waals surface area contributed by atoms with Crippen molar-refractivity contribution in [1.29, 1.82) is 0 Å². The summed E-state index contributed by atoms with van der Waals surface area (Å²) in [4.78, 5) is 25.5. The fourth-order valence-corrected chi connectivity index (χ4v) is 4.26. The number of esters is 1. The molecular formula is C20H24NO5+. The van der Waals surface area contributed by atoms with E-state index in [9.17, 15) is 9.59 Å². The molecule has 2 aromatic rings. The molecule has 6 nitrogen and oxygen atoms in total. The Kier molecular flexibility index (Phi) is 4.44. The molecular weight excluding hydrogens is 334 g/mol. The molecule has 1 saturated carbocycles. The lowest BCUT2D eigenvalue weighted by molar-refractivity contribution is -0.955. The predicted octanol–water partition coefficient (Wildman–Crippen LogP) is 1.49. The van der Waals surface area contributed by atoms with E-state index in [-0.39, 0.29) is 6.42 Å². The molecule has 1 unspecified atom stereocenters. The summed E-state index contributed by atoms with van der Waals surface area (Å²) in [7, 11) is 1.31. The molecule has 0 radical (unpaired) electrons. The number of hydrogen-bond acceptors (Lipinski definition) is 5. The van der Waals surface area contributed by atoms with Crippen LogP contribution in [0.1, 0.15) is 42.4 Å². The van der Waals surface area contributed by atoms with Crippen molar-refractivity contribution >= 4 is 16.9 Å². The maximum absolute atomic E-state index is 12.5. The van der Waals surface area contributed by atoms with Crippen molar-refractivity contribution < 1.29 is 23.6 Å². The number of carbonyl (C=O) groups is 1. The third-order valence-corrected chi connectivity index (χ3v) is 5.81. The third kappa shape index (κ3) is 2.88. The normalized spacial score (nSPS) is 20.0. The van der Waals surface area contributed by atoms with E-state index < -0.39 is 11.6 Å². The van der Waals surface area contributed by atoms with Gasteiger partial charge >= 0.3 is 11.6 Å². The molecule has 1 aliphatic carbocycles. The van der Waals surface area contributed by atoms with Gasteiger partial charge in [0.15, 0.2) is 5.58 Å². The quantitative estimate of drug-likeness (QED) is 0.665. The zero-order valence-corrected chi connectivity index (χ0v) is 15.2. The molecule has 1 N–H and O–H groups in total. The smallest absolute Gasteiger partial charge is 0.340 e. The summed E-state index contributed by atoms with van der Waals surface area (Å²) in [5.74, 6) is 0.348. The Morgan fingerprint density at radius 1 is 1.31 bits per heavy atom. The molecule has 1 aromatic heterocycles. The Balaban J connectivity index is 1.77. The van der Waals surface area contributed by atoms with Crippen molar-refractivity contribution in [3.8, 4) is 5.75 Å². The Morgan fingerprint density at radius 2 is 2.08 bits per heavy atom. The first-order valence-corrected chi connectivity index (χ1v) is 9.21. The summed E-state index contributed by atoms with van der Waals surface area (Å²) in [6.07, 6.45) is 4.94. The summed E-state index contributed by atoms with van der Waals surface area (Å²) in [5.41, 5.74) is 2.22. The average molecular weight is 358 g/mol. The van der Waals surface area contributed by atoms with Gasteiger partial charge in [0.2, 0.25) is 6.73 Å². The van der Waals surface area contributed by atoms with Crippen LogP contribution in [-0.4, -0.2) is 25.9 Å². The second-order valence-corrected chi connectivity index (χ2v) is 7.27. The molecule has 2 heterocycles. The van der Waals surface area contributed by atoms with Gasteiger partial charge in [0.25, 0.3) is 0 Å². The van der Waals surface area contributed by atoms with Crippen LogP contribution in [0.3, 0.4) is 0 Å². The molecule has 0 amide bonds. The molecule has 1 aromatic carbocycles. The van der Waals surface area contributed by atoms with Gasteiger partial charge in [-0.15, -0.1) is 0 Å². The van der Waals surface area contributed by atoms with Crippen molar-refractivity contribution in [3.63, 3.8) is 0 Å². The molecule has 1 aliphatic heterocycles. The molecule has 1 fully saturated rings. The first-order valence-electron chi connectivity index (χ1n) is 9.21. The predicted molar refractivity (Wildman–Crippen MR) is 95.4 cm³/mol. The number of aryl methyl sites for hydroxylation is 1. The van der Waals surface area contributed by atoms with Crippen LogP contribution in [0.25, 0.3) is 11.0 Å². The molecule has 26 heavy (non-hydrogen) atoms. The SMILES string of the molecule is COC(=O)Cc1c(C)c2ccc3c(c2oc1=O)C[NH+](C1CCCC1)CO3. The lowest BCUT2D eigenvalue weighted by Gasteiger charge is -2.30. The van der Waals surface area contributed by atoms with Gasteiger partial charge in [-0.2, -0.15) is 0 Å². The Labute approximate surface area is 151 Å². The molecule has 0 bridgehead atoms. The number of ether oxygens (including phenoxy) is 2.